The number of unbranched alkanes of at least 4 members (excludes halogenated alkanes) is 14. The van der Waals surface area contributed by atoms with Crippen molar-refractivity contribution in [2.24, 2.45) is 0 Å². The third-order valence-corrected chi connectivity index (χ3v) is 6.05. The average molecular weight is 470 g/mol. The zero-order valence-electron chi connectivity index (χ0n) is 20.8. The molecule has 0 aromatic rings. The van der Waals surface area contributed by atoms with Crippen LogP contribution in [0.15, 0.2) is 12.2 Å². The van der Waals surface area contributed by atoms with Gasteiger partial charge in [0, 0.05) is 0 Å². The number of aliphatic carboxylic acids is 3. The van der Waals surface area contributed by atoms with Gasteiger partial charge >= 0.3 is 11.9 Å². The van der Waals surface area contributed by atoms with E-state index in [1.54, 1.807) is 0 Å². The van der Waals surface area contributed by atoms with Gasteiger partial charge in [-0.1, -0.05) is 83.3 Å². The fraction of sp³-hybridized carbons (Fsp3) is 0.808. The molecule has 0 atom stereocenters. The predicted molar refractivity (Wildman–Crippen MR) is 129 cm³/mol. The molecule has 7 heteroatoms. The van der Waals surface area contributed by atoms with Gasteiger partial charge in [-0.25, -0.2) is 9.59 Å². The van der Waals surface area contributed by atoms with Crippen LogP contribution in [0.3, 0.4) is 0 Å². The number of nitrogens with zero attached hydrogens (tertiary/aromatic N) is 1. The Morgan fingerprint density at radius 2 is 1.03 bits per heavy atom. The summed E-state index contributed by atoms with van der Waals surface area (Å²) in [5, 5.41) is 29.3. The van der Waals surface area contributed by atoms with Crippen molar-refractivity contribution in [2.45, 2.75) is 110 Å². The topological polar surface area (TPSA) is 115 Å². The SMILES string of the molecule is CCCCCCCC/C=C/CCCCCCCCCC[N+](CC(=O)[O-])(CC(=O)O)CC(=O)O. The Bertz CT molecular complexity index is 520. The molecule has 0 aliphatic heterocycles. The van der Waals surface area contributed by atoms with Crippen LogP contribution in [0.5, 0.6) is 0 Å². The van der Waals surface area contributed by atoms with Crippen LogP contribution in [0.25, 0.3) is 0 Å². The van der Waals surface area contributed by atoms with Gasteiger partial charge in [0.15, 0.2) is 13.1 Å². The number of carbonyl (C=O) groups is 3. The molecule has 0 rings (SSSR count). The highest BCUT2D eigenvalue weighted by Gasteiger charge is 2.33. The highest BCUT2D eigenvalue weighted by molar-refractivity contribution is 5.72. The largest absolute Gasteiger partial charge is 0.544 e. The molecule has 7 nitrogen and oxygen atoms in total. The molecule has 33 heavy (non-hydrogen) atoms. The molecule has 0 saturated heterocycles. The van der Waals surface area contributed by atoms with Crippen LogP contribution in [0.2, 0.25) is 0 Å². The molecule has 0 aromatic carbocycles. The molecule has 0 amide bonds. The maximum Gasteiger partial charge on any atom is 0.359 e. The fourth-order valence-corrected chi connectivity index (χ4v) is 4.30. The van der Waals surface area contributed by atoms with Crippen molar-refractivity contribution in [3.63, 3.8) is 0 Å². The van der Waals surface area contributed by atoms with Crippen LogP contribution >= 0.6 is 0 Å². The van der Waals surface area contributed by atoms with Crippen molar-refractivity contribution in [3.8, 4) is 0 Å². The second kappa shape index (κ2) is 20.7. The maximum atomic E-state index is 11.1. The quantitative estimate of drug-likeness (QED) is 0.122. The molecule has 192 valence electrons. The van der Waals surface area contributed by atoms with E-state index in [-0.39, 0.29) is 6.54 Å². The molecule has 0 aromatic heterocycles. The van der Waals surface area contributed by atoms with Crippen molar-refractivity contribution in [2.75, 3.05) is 26.2 Å². The molecular formula is C26H47NO6. The van der Waals surface area contributed by atoms with E-state index in [4.69, 9.17) is 10.2 Å². The van der Waals surface area contributed by atoms with Gasteiger partial charge in [-0.05, 0) is 38.5 Å². The molecule has 0 aliphatic rings. The monoisotopic (exact) mass is 469 g/mol. The molecule has 0 bridgehead atoms. The van der Waals surface area contributed by atoms with Crippen molar-refractivity contribution in [1.29, 1.82) is 0 Å². The van der Waals surface area contributed by atoms with Gasteiger partial charge in [-0.3, -0.25) is 0 Å². The molecule has 0 fully saturated rings. The van der Waals surface area contributed by atoms with Crippen LogP contribution in [0.4, 0.5) is 0 Å². The van der Waals surface area contributed by atoms with Crippen LogP contribution in [-0.4, -0.2) is 58.8 Å². The smallest absolute Gasteiger partial charge is 0.359 e. The van der Waals surface area contributed by atoms with E-state index < -0.39 is 42.0 Å². The summed E-state index contributed by atoms with van der Waals surface area (Å²) in [5.41, 5.74) is 0. The fourth-order valence-electron chi connectivity index (χ4n) is 4.30. The third-order valence-electron chi connectivity index (χ3n) is 6.05. The van der Waals surface area contributed by atoms with Gasteiger partial charge in [0.25, 0.3) is 0 Å². The van der Waals surface area contributed by atoms with Gasteiger partial charge in [0.1, 0.15) is 6.54 Å². The van der Waals surface area contributed by atoms with Gasteiger partial charge in [-0.2, -0.15) is 0 Å². The highest BCUT2D eigenvalue weighted by Crippen LogP contribution is 2.14. The molecule has 0 heterocycles. The lowest BCUT2D eigenvalue weighted by molar-refractivity contribution is -0.909. The highest BCUT2D eigenvalue weighted by atomic mass is 16.4. The first kappa shape index (κ1) is 31.1. The molecule has 0 unspecified atom stereocenters. The first-order valence-electron chi connectivity index (χ1n) is 12.9. The molecule has 2 N–H and O–H groups in total. The summed E-state index contributed by atoms with van der Waals surface area (Å²) in [5.74, 6) is -3.82. The van der Waals surface area contributed by atoms with Gasteiger partial charge in [-0.15, -0.1) is 0 Å². The van der Waals surface area contributed by atoms with Gasteiger partial charge in [0.05, 0.1) is 12.5 Å². The molecular weight excluding hydrogens is 422 g/mol. The minimum absolute atomic E-state index is 0.220. The Morgan fingerprint density at radius 1 is 0.636 bits per heavy atom. The normalized spacial score (nSPS) is 11.8. The Balaban J connectivity index is 3.81. The Hall–Kier alpha value is -1.89. The Kier molecular flexibility index (Phi) is 19.5. The lowest BCUT2D eigenvalue weighted by atomic mass is 10.1. The molecule has 0 saturated carbocycles. The maximum absolute atomic E-state index is 11.1. The van der Waals surface area contributed by atoms with E-state index in [0.29, 0.717) is 6.42 Å². The average Bonchev–Trinajstić information content (AvgIpc) is 2.71. The number of quaternary nitrogens is 1. The minimum atomic E-state index is -1.42. The Morgan fingerprint density at radius 3 is 1.42 bits per heavy atom. The first-order valence-corrected chi connectivity index (χ1v) is 12.9. The summed E-state index contributed by atoms with van der Waals surface area (Å²) in [6, 6.07) is 0. The lowest BCUT2D eigenvalue weighted by Gasteiger charge is -2.36. The lowest BCUT2D eigenvalue weighted by Crippen LogP contribution is -2.59. The number of hydrogen-bond donors (Lipinski definition) is 2. The molecule has 0 radical (unpaired) electrons. The van der Waals surface area contributed by atoms with Crippen LogP contribution in [0.1, 0.15) is 110 Å². The number of allylic oxidation sites excluding steroid dienone is 2. The van der Waals surface area contributed by atoms with Crippen molar-refractivity contribution in [3.05, 3.63) is 12.2 Å². The molecule has 0 aliphatic carbocycles. The van der Waals surface area contributed by atoms with Crippen molar-refractivity contribution >= 4 is 17.9 Å². The molecule has 0 spiro atoms. The number of hydrogen-bond acceptors (Lipinski definition) is 4. The van der Waals surface area contributed by atoms with Crippen LogP contribution in [0, 0.1) is 0 Å². The standard InChI is InChI=1S/C26H47NO6/c1-2-3-4-5-6-7-8-9-10-11-12-13-14-15-16-17-18-19-20-27(21-24(28)29,22-25(30)31)23-26(32)33/h9-10H,2-8,11-23H2,1H3,(H2-,28,29,30,31,32,33)/b10-9+. The zero-order chi connectivity index (χ0) is 24.8. The van der Waals surface area contributed by atoms with E-state index in [0.717, 1.165) is 32.1 Å². The summed E-state index contributed by atoms with van der Waals surface area (Å²) in [4.78, 5) is 33.3. The first-order chi connectivity index (χ1) is 15.8. The zero-order valence-corrected chi connectivity index (χ0v) is 20.8. The number of rotatable bonds is 24. The van der Waals surface area contributed by atoms with E-state index in [2.05, 4.69) is 19.1 Å². The summed E-state index contributed by atoms with van der Waals surface area (Å²) in [6.45, 7) is 0.833. The van der Waals surface area contributed by atoms with Crippen LogP contribution < -0.4 is 5.11 Å². The summed E-state index contributed by atoms with van der Waals surface area (Å²) in [7, 11) is 0. The Labute approximate surface area is 200 Å². The van der Waals surface area contributed by atoms with Crippen LogP contribution in [-0.2, 0) is 14.4 Å². The van der Waals surface area contributed by atoms with Gasteiger partial charge < -0.3 is 24.6 Å². The second-order valence-corrected chi connectivity index (χ2v) is 9.34. The number of carbonyl (C=O) groups excluding carboxylic acids is 1. The summed E-state index contributed by atoms with van der Waals surface area (Å²) >= 11 is 0. The third kappa shape index (κ3) is 20.4. The predicted octanol–water partition coefficient (Wildman–Crippen LogP) is 4.54. The van der Waals surface area contributed by atoms with E-state index in [1.807, 2.05) is 0 Å². The summed E-state index contributed by atoms with van der Waals surface area (Å²) in [6.07, 6.45) is 23.4. The second-order valence-electron chi connectivity index (χ2n) is 9.34. The number of carboxylic acid groups (broad SMARTS) is 3. The summed E-state index contributed by atoms with van der Waals surface area (Å²) < 4.78 is -0.501. The van der Waals surface area contributed by atoms with Crippen molar-refractivity contribution in [1.82, 2.24) is 0 Å². The van der Waals surface area contributed by atoms with Gasteiger partial charge in [0.2, 0.25) is 0 Å². The number of carboxylic acids is 3. The van der Waals surface area contributed by atoms with E-state index in [9.17, 15) is 19.5 Å². The minimum Gasteiger partial charge on any atom is -0.544 e. The van der Waals surface area contributed by atoms with E-state index >= 15 is 0 Å². The van der Waals surface area contributed by atoms with E-state index in [1.165, 1.54) is 64.2 Å². The van der Waals surface area contributed by atoms with Crippen molar-refractivity contribution < 1.29 is 34.2 Å².